The molecule has 5 nitrogen and oxygen atoms in total. The number of hydrogen-bond acceptors (Lipinski definition) is 4. The van der Waals surface area contributed by atoms with Crippen molar-refractivity contribution in [3.63, 3.8) is 0 Å². The van der Waals surface area contributed by atoms with Crippen molar-refractivity contribution in [3.05, 3.63) is 52.7 Å². The van der Waals surface area contributed by atoms with Gasteiger partial charge in [0.25, 0.3) is 5.91 Å². The molecule has 0 fully saturated rings. The molecule has 0 saturated carbocycles. The van der Waals surface area contributed by atoms with Gasteiger partial charge in [0.1, 0.15) is 11.1 Å². The number of carbonyl (C=O) groups is 1. The lowest BCUT2D eigenvalue weighted by Gasteiger charge is -2.11. The van der Waals surface area contributed by atoms with E-state index in [1.807, 2.05) is 19.9 Å². The van der Waals surface area contributed by atoms with Crippen molar-refractivity contribution in [2.75, 3.05) is 5.32 Å². The van der Waals surface area contributed by atoms with Gasteiger partial charge in [0, 0.05) is 6.20 Å². The fourth-order valence-corrected chi connectivity index (χ4v) is 1.95. The van der Waals surface area contributed by atoms with Crippen LogP contribution in [0.3, 0.4) is 0 Å². The first-order valence-electron chi connectivity index (χ1n) is 6.64. The number of hydrogen-bond donors (Lipinski definition) is 1. The predicted molar refractivity (Wildman–Crippen MR) is 84.1 cm³/mol. The van der Waals surface area contributed by atoms with Crippen LogP contribution in [0.5, 0.6) is 5.88 Å². The van der Waals surface area contributed by atoms with Crippen LogP contribution < -0.4 is 10.1 Å². The van der Waals surface area contributed by atoms with E-state index in [0.29, 0.717) is 11.3 Å². The molecule has 2 aromatic rings. The Morgan fingerprint density at radius 3 is 2.77 bits per heavy atom. The van der Waals surface area contributed by atoms with Crippen LogP contribution in [0.1, 0.15) is 29.8 Å². The highest BCUT2D eigenvalue weighted by Gasteiger charge is 2.13. The molecule has 1 aromatic heterocycles. The molecule has 0 unspecified atom stereocenters. The fraction of sp³-hybridized carbons (Fsp3) is 0.188. The number of rotatable bonds is 4. The van der Waals surface area contributed by atoms with Gasteiger partial charge in [-0.1, -0.05) is 23.7 Å². The number of para-hydroxylation sites is 1. The maximum Gasteiger partial charge on any atom is 0.257 e. The average Bonchev–Trinajstić information content (AvgIpc) is 2.49. The molecule has 112 valence electrons. The van der Waals surface area contributed by atoms with Crippen LogP contribution in [0, 0.1) is 11.3 Å². The molecule has 1 heterocycles. The molecule has 0 spiro atoms. The molecule has 1 N–H and O–H groups in total. The first-order valence-corrected chi connectivity index (χ1v) is 7.01. The molecule has 0 aliphatic heterocycles. The molecular formula is C16H14ClN3O2. The lowest BCUT2D eigenvalue weighted by atomic mass is 10.2. The summed E-state index contributed by atoms with van der Waals surface area (Å²) in [5.41, 5.74) is 1.11. The van der Waals surface area contributed by atoms with Crippen LogP contribution in [0.25, 0.3) is 0 Å². The number of aromatic nitrogens is 1. The molecule has 1 amide bonds. The number of carbonyl (C=O) groups excluding carboxylic acids is 1. The summed E-state index contributed by atoms with van der Waals surface area (Å²) in [7, 11) is 0. The highest BCUT2D eigenvalue weighted by Crippen LogP contribution is 2.24. The number of amides is 1. The van der Waals surface area contributed by atoms with E-state index >= 15 is 0 Å². The lowest BCUT2D eigenvalue weighted by molar-refractivity contribution is 0.102. The Labute approximate surface area is 133 Å². The Hall–Kier alpha value is -2.58. The van der Waals surface area contributed by atoms with Gasteiger partial charge in [-0.2, -0.15) is 5.26 Å². The summed E-state index contributed by atoms with van der Waals surface area (Å²) in [6, 6.07) is 10.2. The molecule has 0 aliphatic carbocycles. The van der Waals surface area contributed by atoms with Crippen molar-refractivity contribution in [2.45, 2.75) is 20.0 Å². The van der Waals surface area contributed by atoms with Crippen LogP contribution in [0.15, 0.2) is 36.5 Å². The average molecular weight is 316 g/mol. The number of benzene rings is 1. The van der Waals surface area contributed by atoms with Gasteiger partial charge in [0.15, 0.2) is 0 Å². The van der Waals surface area contributed by atoms with Gasteiger partial charge in [0.2, 0.25) is 5.88 Å². The van der Waals surface area contributed by atoms with Crippen molar-refractivity contribution < 1.29 is 9.53 Å². The van der Waals surface area contributed by atoms with Gasteiger partial charge in [-0.3, -0.25) is 4.79 Å². The summed E-state index contributed by atoms with van der Waals surface area (Å²) in [6.07, 6.45) is 1.32. The Morgan fingerprint density at radius 1 is 1.41 bits per heavy atom. The van der Waals surface area contributed by atoms with E-state index in [1.165, 1.54) is 12.3 Å². The van der Waals surface area contributed by atoms with E-state index in [-0.39, 0.29) is 22.6 Å². The molecule has 0 atom stereocenters. The molecule has 6 heteroatoms. The van der Waals surface area contributed by atoms with Crippen LogP contribution >= 0.6 is 11.6 Å². The summed E-state index contributed by atoms with van der Waals surface area (Å²) >= 11 is 6.06. The number of ether oxygens (including phenoxy) is 1. The highest BCUT2D eigenvalue weighted by molar-refractivity contribution is 6.32. The summed E-state index contributed by atoms with van der Waals surface area (Å²) < 4.78 is 5.42. The first kappa shape index (κ1) is 15.8. The van der Waals surface area contributed by atoms with E-state index in [1.54, 1.807) is 24.3 Å². The number of halogens is 1. The van der Waals surface area contributed by atoms with E-state index < -0.39 is 5.91 Å². The van der Waals surface area contributed by atoms with E-state index in [2.05, 4.69) is 10.3 Å². The van der Waals surface area contributed by atoms with Gasteiger partial charge >= 0.3 is 0 Å². The molecule has 2 rings (SSSR count). The van der Waals surface area contributed by atoms with Gasteiger partial charge in [-0.15, -0.1) is 0 Å². The van der Waals surface area contributed by atoms with Crippen LogP contribution in [0.4, 0.5) is 5.69 Å². The largest absolute Gasteiger partial charge is 0.474 e. The molecule has 0 saturated heterocycles. The quantitative estimate of drug-likeness (QED) is 0.934. The van der Waals surface area contributed by atoms with Gasteiger partial charge in [-0.25, -0.2) is 4.98 Å². The summed E-state index contributed by atoms with van der Waals surface area (Å²) in [5, 5.41) is 11.9. The third kappa shape index (κ3) is 3.74. The molecule has 22 heavy (non-hydrogen) atoms. The monoisotopic (exact) mass is 315 g/mol. The molecule has 0 bridgehead atoms. The number of nitrogens with zero attached hydrogens (tertiary/aromatic N) is 2. The minimum atomic E-state index is -0.395. The Morgan fingerprint density at radius 2 is 2.14 bits per heavy atom. The SMILES string of the molecule is CC(C)Oc1ncc(C(=O)Nc2ccccc2C#N)cc1Cl. The number of nitrogens with one attached hydrogen (secondary N) is 1. The van der Waals surface area contributed by atoms with E-state index in [9.17, 15) is 4.79 Å². The van der Waals surface area contributed by atoms with Crippen molar-refractivity contribution >= 4 is 23.2 Å². The second kappa shape index (κ2) is 6.92. The van der Waals surface area contributed by atoms with E-state index in [0.717, 1.165) is 0 Å². The van der Waals surface area contributed by atoms with Crippen molar-refractivity contribution in [1.82, 2.24) is 4.98 Å². The third-order valence-corrected chi connectivity index (χ3v) is 2.98. The van der Waals surface area contributed by atoms with Gasteiger partial charge in [-0.05, 0) is 32.0 Å². The number of pyridine rings is 1. The van der Waals surface area contributed by atoms with Crippen molar-refractivity contribution in [2.24, 2.45) is 0 Å². The van der Waals surface area contributed by atoms with Gasteiger partial charge < -0.3 is 10.1 Å². The van der Waals surface area contributed by atoms with Crippen LogP contribution in [0.2, 0.25) is 5.02 Å². The summed E-state index contributed by atoms with van der Waals surface area (Å²) in [5.74, 6) is -0.112. The highest BCUT2D eigenvalue weighted by atomic mass is 35.5. The normalized spacial score (nSPS) is 10.1. The Kier molecular flexibility index (Phi) is 4.97. The minimum Gasteiger partial charge on any atom is -0.474 e. The molecular weight excluding hydrogens is 302 g/mol. The number of nitriles is 1. The molecule has 1 aromatic carbocycles. The molecule has 0 radical (unpaired) electrons. The summed E-state index contributed by atoms with van der Waals surface area (Å²) in [6.45, 7) is 3.72. The summed E-state index contributed by atoms with van der Waals surface area (Å²) in [4.78, 5) is 16.3. The Balaban J connectivity index is 2.20. The maximum atomic E-state index is 12.2. The molecule has 0 aliphatic rings. The predicted octanol–water partition coefficient (Wildman–Crippen LogP) is 3.65. The zero-order valence-electron chi connectivity index (χ0n) is 12.1. The second-order valence-corrected chi connectivity index (χ2v) is 5.20. The van der Waals surface area contributed by atoms with E-state index in [4.69, 9.17) is 21.6 Å². The topological polar surface area (TPSA) is 75.0 Å². The second-order valence-electron chi connectivity index (χ2n) is 4.79. The zero-order valence-corrected chi connectivity index (χ0v) is 12.9. The third-order valence-electron chi connectivity index (χ3n) is 2.71. The fourth-order valence-electron chi connectivity index (χ4n) is 1.74. The number of anilines is 1. The lowest BCUT2D eigenvalue weighted by Crippen LogP contribution is -2.14. The maximum absolute atomic E-state index is 12.2. The minimum absolute atomic E-state index is 0.0628. The Bertz CT molecular complexity index is 738. The first-order chi connectivity index (χ1) is 10.5. The van der Waals surface area contributed by atoms with Gasteiger partial charge in [0.05, 0.1) is 22.9 Å². The standard InChI is InChI=1S/C16H14ClN3O2/c1-10(2)22-16-13(17)7-12(9-19-16)15(21)20-14-6-4-3-5-11(14)8-18/h3-7,9-10H,1-2H3,(H,20,21). The zero-order chi connectivity index (χ0) is 16.1. The van der Waals surface area contributed by atoms with Crippen molar-refractivity contribution in [3.8, 4) is 11.9 Å². The smallest absolute Gasteiger partial charge is 0.257 e. The van der Waals surface area contributed by atoms with Crippen LogP contribution in [-0.4, -0.2) is 17.0 Å². The van der Waals surface area contributed by atoms with Crippen molar-refractivity contribution in [1.29, 1.82) is 5.26 Å². The van der Waals surface area contributed by atoms with Crippen LogP contribution in [-0.2, 0) is 0 Å².